The molecule has 5 aliphatic rings. The summed E-state index contributed by atoms with van der Waals surface area (Å²) in [5, 5.41) is 11.8. The number of benzene rings is 3. The average molecular weight is 784 g/mol. The lowest BCUT2D eigenvalue weighted by atomic mass is 9.85. The fourth-order valence-corrected chi connectivity index (χ4v) is 8.82. The van der Waals surface area contributed by atoms with Crippen molar-refractivity contribution in [2.24, 2.45) is 5.92 Å². The van der Waals surface area contributed by atoms with E-state index < -0.39 is 35.1 Å². The minimum absolute atomic E-state index is 0.0804. The van der Waals surface area contributed by atoms with Crippen LogP contribution >= 0.6 is 11.6 Å². The second kappa shape index (κ2) is 13.8. The van der Waals surface area contributed by atoms with Gasteiger partial charge in [-0.1, -0.05) is 17.7 Å². The minimum atomic E-state index is -0.982. The molecule has 0 aliphatic carbocycles. The summed E-state index contributed by atoms with van der Waals surface area (Å²) < 4.78 is 0. The van der Waals surface area contributed by atoms with Crippen LogP contribution in [0.15, 0.2) is 67.0 Å². The summed E-state index contributed by atoms with van der Waals surface area (Å²) in [6, 6.07) is 17.2. The molecule has 3 aromatic carbocycles. The zero-order valence-electron chi connectivity index (χ0n) is 31.4. The Bertz CT molecular complexity index is 2430. The number of nitrogens with one attached hydrogen (secondary N) is 1. The van der Waals surface area contributed by atoms with Crippen molar-refractivity contribution in [2.75, 3.05) is 60.5 Å². The van der Waals surface area contributed by atoms with E-state index in [4.69, 9.17) is 21.6 Å². The quantitative estimate of drug-likeness (QED) is 0.266. The van der Waals surface area contributed by atoms with Gasteiger partial charge in [0, 0.05) is 69.4 Å². The van der Waals surface area contributed by atoms with Crippen molar-refractivity contribution in [1.29, 1.82) is 5.26 Å². The second-order valence-electron chi connectivity index (χ2n) is 15.8. The van der Waals surface area contributed by atoms with Gasteiger partial charge in [-0.05, 0) is 74.4 Å². The van der Waals surface area contributed by atoms with Crippen LogP contribution in [0.25, 0.3) is 11.3 Å². The first-order valence-electron chi connectivity index (χ1n) is 19.0. The summed E-state index contributed by atoms with van der Waals surface area (Å²) in [7, 11) is 0. The fraction of sp³-hybridized carbons (Fsp3) is 0.333. The lowest BCUT2D eigenvalue weighted by Gasteiger charge is -2.44. The minimum Gasteiger partial charge on any atom is -0.369 e. The Kier molecular flexibility index (Phi) is 8.82. The molecule has 0 spiro atoms. The largest absolute Gasteiger partial charge is 0.369 e. The Labute approximate surface area is 333 Å². The maximum Gasteiger partial charge on any atom is 0.262 e. The highest BCUT2D eigenvalue weighted by atomic mass is 35.5. The van der Waals surface area contributed by atoms with Crippen molar-refractivity contribution in [1.82, 2.24) is 25.1 Å². The second-order valence-corrected chi connectivity index (χ2v) is 16.2. The van der Waals surface area contributed by atoms with E-state index >= 15 is 0 Å². The lowest BCUT2D eigenvalue weighted by molar-refractivity contribution is -0.136. The number of amides is 5. The monoisotopic (exact) mass is 783 g/mol. The van der Waals surface area contributed by atoms with Crippen molar-refractivity contribution >= 4 is 64.0 Å². The SMILES string of the molecule is CC1(C)C(=O)N(c2ccc(C#N)c(Cl)c2)c2ccc(-c3cnc(N4CC(CN5CCN(c6ccc7c(c6)C(=O)N(C6CCC(=O)NC6=O)C7=O)CC5)C4)cn3)cc21. The number of halogens is 1. The van der Waals surface area contributed by atoms with Crippen LogP contribution in [0.4, 0.5) is 22.9 Å². The Morgan fingerprint density at radius 3 is 2.32 bits per heavy atom. The molecule has 1 aromatic heterocycles. The lowest BCUT2D eigenvalue weighted by Crippen LogP contribution is -2.55. The van der Waals surface area contributed by atoms with Crippen LogP contribution in [0.2, 0.25) is 5.02 Å². The number of piperidine rings is 1. The van der Waals surface area contributed by atoms with Crippen molar-refractivity contribution in [2.45, 2.75) is 38.1 Å². The molecule has 14 nitrogen and oxygen atoms in total. The molecule has 1 atom stereocenters. The van der Waals surface area contributed by atoms with E-state index in [1.807, 2.05) is 38.1 Å². The van der Waals surface area contributed by atoms with Crippen molar-refractivity contribution in [3.8, 4) is 17.3 Å². The Hall–Kier alpha value is -6.17. The van der Waals surface area contributed by atoms with Gasteiger partial charge in [0.05, 0.1) is 56.6 Å². The van der Waals surface area contributed by atoms with E-state index in [9.17, 15) is 29.2 Å². The summed E-state index contributed by atoms with van der Waals surface area (Å²) in [5.74, 6) is -0.779. The predicted octanol–water partition coefficient (Wildman–Crippen LogP) is 4.28. The number of aromatic nitrogens is 2. The molecule has 3 saturated heterocycles. The molecule has 0 saturated carbocycles. The third-order valence-electron chi connectivity index (χ3n) is 11.9. The highest BCUT2D eigenvalue weighted by Gasteiger charge is 2.46. The topological polar surface area (TPSA) is 163 Å². The number of nitriles is 1. The van der Waals surface area contributed by atoms with Gasteiger partial charge in [0.25, 0.3) is 11.8 Å². The summed E-state index contributed by atoms with van der Waals surface area (Å²) in [6.45, 7) is 9.80. The third-order valence-corrected chi connectivity index (χ3v) is 12.2. The van der Waals surface area contributed by atoms with Crippen LogP contribution in [0.3, 0.4) is 0 Å². The predicted molar refractivity (Wildman–Crippen MR) is 211 cm³/mol. The van der Waals surface area contributed by atoms with Gasteiger partial charge >= 0.3 is 0 Å². The number of carbonyl (C=O) groups excluding carboxylic acids is 5. The number of anilines is 4. The van der Waals surface area contributed by atoms with Gasteiger partial charge in [-0.2, -0.15) is 5.26 Å². The number of fused-ring (bicyclic) bond motifs is 2. The zero-order chi connectivity index (χ0) is 39.7. The molecule has 288 valence electrons. The number of hydrogen-bond donors (Lipinski definition) is 1. The third kappa shape index (κ3) is 6.18. The fourth-order valence-electron chi connectivity index (χ4n) is 8.60. The van der Waals surface area contributed by atoms with Gasteiger partial charge in [0.2, 0.25) is 17.7 Å². The molecular weight excluding hydrogens is 746 g/mol. The van der Waals surface area contributed by atoms with Crippen LogP contribution in [0.5, 0.6) is 0 Å². The molecule has 57 heavy (non-hydrogen) atoms. The highest BCUT2D eigenvalue weighted by molar-refractivity contribution is 6.32. The van der Waals surface area contributed by atoms with E-state index in [0.717, 1.165) is 79.0 Å². The summed E-state index contributed by atoms with van der Waals surface area (Å²) in [6.07, 6.45) is 3.79. The van der Waals surface area contributed by atoms with Gasteiger partial charge in [0.1, 0.15) is 17.9 Å². The zero-order valence-corrected chi connectivity index (χ0v) is 32.1. The Morgan fingerprint density at radius 2 is 1.61 bits per heavy atom. The molecule has 9 rings (SSSR count). The van der Waals surface area contributed by atoms with E-state index in [1.54, 1.807) is 47.6 Å². The molecular formula is C42H38ClN9O5. The Morgan fingerprint density at radius 1 is 0.860 bits per heavy atom. The molecule has 6 heterocycles. The normalized spacial score (nSPS) is 20.7. The van der Waals surface area contributed by atoms with Crippen LogP contribution in [-0.4, -0.2) is 101 Å². The average Bonchev–Trinajstić information content (AvgIpc) is 3.56. The van der Waals surface area contributed by atoms with Gasteiger partial charge < -0.3 is 9.80 Å². The molecule has 1 unspecified atom stereocenters. The number of nitrogens with zero attached hydrogens (tertiary/aromatic N) is 8. The first-order chi connectivity index (χ1) is 27.4. The molecule has 5 aliphatic heterocycles. The first kappa shape index (κ1) is 36.5. The number of carbonyl (C=O) groups is 5. The first-order valence-corrected chi connectivity index (χ1v) is 19.4. The van der Waals surface area contributed by atoms with E-state index in [1.165, 1.54) is 0 Å². The molecule has 4 aromatic rings. The molecule has 0 radical (unpaired) electrons. The van der Waals surface area contributed by atoms with Crippen molar-refractivity contribution in [3.05, 3.63) is 94.3 Å². The summed E-state index contributed by atoms with van der Waals surface area (Å²) in [4.78, 5) is 83.2. The molecule has 5 amide bonds. The van der Waals surface area contributed by atoms with Gasteiger partial charge in [-0.3, -0.25) is 49.0 Å². The van der Waals surface area contributed by atoms with Crippen LogP contribution in [0.1, 0.15) is 58.5 Å². The molecule has 15 heteroatoms. The summed E-state index contributed by atoms with van der Waals surface area (Å²) >= 11 is 6.32. The number of piperazine rings is 1. The molecule has 0 bridgehead atoms. The standard InChI is InChI=1S/C42H38ClN9O5/c1-42(2)31-15-25(4-8-34(31)51(41(42)57)28-5-3-26(18-44)32(43)17-28)33-19-46-36(20-45-33)50-22-24(23-50)21-48-11-13-49(14-12-48)27-6-7-29-30(16-27)40(56)52(39(29)55)35-9-10-37(53)47-38(35)54/h3-8,15-17,19-20,24,35H,9-14,21-23H2,1-2H3,(H,47,53,54). The van der Waals surface area contributed by atoms with Crippen LogP contribution in [-0.2, 0) is 19.8 Å². The molecule has 3 fully saturated rings. The molecule has 1 N–H and O–H groups in total. The number of imide groups is 2. The highest BCUT2D eigenvalue weighted by Crippen LogP contribution is 2.47. The Balaban J connectivity index is 0.787. The maximum atomic E-state index is 13.6. The van der Waals surface area contributed by atoms with Gasteiger partial charge in [-0.25, -0.2) is 4.98 Å². The van der Waals surface area contributed by atoms with Crippen LogP contribution in [0, 0.1) is 17.2 Å². The number of rotatable bonds is 7. The maximum absolute atomic E-state index is 13.6. The van der Waals surface area contributed by atoms with Crippen molar-refractivity contribution < 1.29 is 24.0 Å². The van der Waals surface area contributed by atoms with E-state index in [2.05, 4.69) is 26.1 Å². The van der Waals surface area contributed by atoms with E-state index in [-0.39, 0.29) is 24.3 Å². The number of hydrogen-bond acceptors (Lipinski definition) is 11. The van der Waals surface area contributed by atoms with E-state index in [0.29, 0.717) is 33.4 Å². The van der Waals surface area contributed by atoms with Crippen molar-refractivity contribution in [3.63, 3.8) is 0 Å². The smallest absolute Gasteiger partial charge is 0.262 e. The van der Waals surface area contributed by atoms with Gasteiger partial charge in [-0.15, -0.1) is 0 Å². The van der Waals surface area contributed by atoms with Gasteiger partial charge in [0.15, 0.2) is 0 Å². The van der Waals surface area contributed by atoms with Crippen LogP contribution < -0.4 is 20.0 Å². The summed E-state index contributed by atoms with van der Waals surface area (Å²) in [5.41, 5.74) is 4.84.